The molecule has 0 aliphatic rings. The Bertz CT molecular complexity index is 523. The first kappa shape index (κ1) is 12.9. The third-order valence-corrected chi connectivity index (χ3v) is 3.84. The summed E-state index contributed by atoms with van der Waals surface area (Å²) in [6.45, 7) is 1.90. The number of anilines is 1. The van der Waals surface area contributed by atoms with Gasteiger partial charge in [-0.2, -0.15) is 0 Å². The van der Waals surface area contributed by atoms with Crippen LogP contribution in [0.25, 0.3) is 0 Å². The molecule has 2 rings (SSSR count). The van der Waals surface area contributed by atoms with Crippen molar-refractivity contribution in [1.29, 1.82) is 0 Å². The monoisotopic (exact) mass is 264 g/mol. The van der Waals surface area contributed by atoms with Crippen LogP contribution in [0.15, 0.2) is 29.4 Å². The molecule has 0 spiro atoms. The number of aliphatic hydroxyl groups is 1. The molecule has 96 valence electrons. The Morgan fingerprint density at radius 3 is 2.56 bits per heavy atom. The van der Waals surface area contributed by atoms with Gasteiger partial charge in [0.25, 0.3) is 0 Å². The predicted octanol–water partition coefficient (Wildman–Crippen LogP) is 1.53. The van der Waals surface area contributed by atoms with Crippen LogP contribution in [0, 0.1) is 6.92 Å². The van der Waals surface area contributed by atoms with E-state index >= 15 is 0 Å². The Morgan fingerprint density at radius 1 is 1.33 bits per heavy atom. The maximum Gasteiger partial charge on any atom is 0.191 e. The van der Waals surface area contributed by atoms with E-state index in [1.807, 2.05) is 30.7 Å². The zero-order valence-electron chi connectivity index (χ0n) is 10.4. The molecule has 1 unspecified atom stereocenters. The lowest BCUT2D eigenvalue weighted by atomic mass is 10.1. The number of aromatic nitrogens is 3. The largest absolute Gasteiger partial charge is 0.399 e. The summed E-state index contributed by atoms with van der Waals surface area (Å²) in [6, 6.07) is 7.25. The van der Waals surface area contributed by atoms with Crippen LogP contribution >= 0.6 is 11.8 Å². The average molecular weight is 264 g/mol. The Kier molecular flexibility index (Phi) is 3.88. The van der Waals surface area contributed by atoms with Crippen LogP contribution in [-0.4, -0.2) is 25.6 Å². The second kappa shape index (κ2) is 5.41. The van der Waals surface area contributed by atoms with E-state index in [-0.39, 0.29) is 0 Å². The van der Waals surface area contributed by atoms with Gasteiger partial charge in [-0.05, 0) is 24.6 Å². The molecule has 3 N–H and O–H groups in total. The number of benzene rings is 1. The number of thioether (sulfide) groups is 1. The molecule has 0 aliphatic carbocycles. The Balaban J connectivity index is 1.98. The first-order valence-electron chi connectivity index (χ1n) is 5.60. The van der Waals surface area contributed by atoms with Gasteiger partial charge in [0.1, 0.15) is 5.82 Å². The minimum Gasteiger partial charge on any atom is -0.399 e. The zero-order valence-corrected chi connectivity index (χ0v) is 11.2. The van der Waals surface area contributed by atoms with E-state index in [1.165, 1.54) is 11.8 Å². The lowest BCUT2D eigenvalue weighted by Crippen LogP contribution is -2.02. The summed E-state index contributed by atoms with van der Waals surface area (Å²) in [5.74, 6) is 1.40. The molecule has 2 aromatic rings. The summed E-state index contributed by atoms with van der Waals surface area (Å²) in [4.78, 5) is 0. The molecule has 0 amide bonds. The van der Waals surface area contributed by atoms with E-state index in [9.17, 15) is 5.11 Å². The molecule has 0 radical (unpaired) electrons. The molecule has 1 heterocycles. The lowest BCUT2D eigenvalue weighted by Gasteiger charge is -2.10. The predicted molar refractivity (Wildman–Crippen MR) is 72.3 cm³/mol. The highest BCUT2D eigenvalue weighted by molar-refractivity contribution is 7.99. The van der Waals surface area contributed by atoms with Gasteiger partial charge in [-0.1, -0.05) is 23.9 Å². The van der Waals surface area contributed by atoms with Gasteiger partial charge < -0.3 is 15.4 Å². The maximum atomic E-state index is 10.1. The minimum atomic E-state index is -0.535. The van der Waals surface area contributed by atoms with E-state index in [4.69, 9.17) is 5.73 Å². The fourth-order valence-electron chi connectivity index (χ4n) is 1.48. The quantitative estimate of drug-likeness (QED) is 0.647. The molecule has 1 aromatic carbocycles. The standard InChI is InChI=1S/C12H16N4OS/c1-8-14-15-12(16(8)2)18-7-11(17)9-3-5-10(13)6-4-9/h3-6,11,17H,7,13H2,1-2H3. The average Bonchev–Trinajstić information content (AvgIpc) is 2.68. The fraction of sp³-hybridized carbons (Fsp3) is 0.333. The van der Waals surface area contributed by atoms with Crippen LogP contribution in [0.4, 0.5) is 5.69 Å². The normalized spacial score (nSPS) is 12.6. The number of aryl methyl sites for hydroxylation is 1. The minimum absolute atomic E-state index is 0.535. The Labute approximate surface area is 110 Å². The van der Waals surface area contributed by atoms with Gasteiger partial charge >= 0.3 is 0 Å². The van der Waals surface area contributed by atoms with Crippen molar-refractivity contribution in [3.63, 3.8) is 0 Å². The molecule has 1 atom stereocenters. The molecule has 0 fully saturated rings. The van der Waals surface area contributed by atoms with Crippen molar-refractivity contribution < 1.29 is 5.11 Å². The Morgan fingerprint density at radius 2 is 2.00 bits per heavy atom. The van der Waals surface area contributed by atoms with E-state index in [1.54, 1.807) is 12.1 Å². The zero-order chi connectivity index (χ0) is 13.1. The van der Waals surface area contributed by atoms with Gasteiger partial charge in [-0.3, -0.25) is 0 Å². The summed E-state index contributed by atoms with van der Waals surface area (Å²) >= 11 is 1.48. The van der Waals surface area contributed by atoms with Crippen LogP contribution in [0.5, 0.6) is 0 Å². The van der Waals surface area contributed by atoms with Crippen molar-refractivity contribution in [3.05, 3.63) is 35.7 Å². The number of hydrogen-bond donors (Lipinski definition) is 2. The molecule has 18 heavy (non-hydrogen) atoms. The van der Waals surface area contributed by atoms with Gasteiger partial charge in [0.15, 0.2) is 5.16 Å². The topological polar surface area (TPSA) is 77.0 Å². The van der Waals surface area contributed by atoms with Gasteiger partial charge in [0.05, 0.1) is 6.10 Å². The molecule has 1 aromatic heterocycles. The first-order valence-corrected chi connectivity index (χ1v) is 6.59. The summed E-state index contributed by atoms with van der Waals surface area (Å²) < 4.78 is 1.90. The highest BCUT2D eigenvalue weighted by Crippen LogP contribution is 2.23. The summed E-state index contributed by atoms with van der Waals surface area (Å²) in [5.41, 5.74) is 7.16. The number of rotatable bonds is 4. The van der Waals surface area contributed by atoms with Gasteiger partial charge in [-0.25, -0.2) is 0 Å². The van der Waals surface area contributed by atoms with Crippen LogP contribution < -0.4 is 5.73 Å². The highest BCUT2D eigenvalue weighted by Gasteiger charge is 2.11. The number of nitrogens with zero attached hydrogens (tertiary/aromatic N) is 3. The van der Waals surface area contributed by atoms with Crippen molar-refractivity contribution in [2.45, 2.75) is 18.2 Å². The lowest BCUT2D eigenvalue weighted by molar-refractivity contribution is 0.204. The van der Waals surface area contributed by atoms with Crippen molar-refractivity contribution in [1.82, 2.24) is 14.8 Å². The van der Waals surface area contributed by atoms with Crippen LogP contribution in [0.1, 0.15) is 17.5 Å². The first-order chi connectivity index (χ1) is 8.58. The molecule has 0 saturated carbocycles. The highest BCUT2D eigenvalue weighted by atomic mass is 32.2. The van der Waals surface area contributed by atoms with Crippen LogP contribution in [0.2, 0.25) is 0 Å². The second-order valence-electron chi connectivity index (χ2n) is 4.08. The third kappa shape index (κ3) is 2.83. The van der Waals surface area contributed by atoms with Crippen LogP contribution in [0.3, 0.4) is 0 Å². The molecule has 0 aliphatic heterocycles. The Hall–Kier alpha value is -1.53. The molecular formula is C12H16N4OS. The summed E-state index contributed by atoms with van der Waals surface area (Å²) in [6.07, 6.45) is -0.535. The molecular weight excluding hydrogens is 248 g/mol. The van der Waals surface area contributed by atoms with Gasteiger partial charge in [-0.15, -0.1) is 10.2 Å². The van der Waals surface area contributed by atoms with E-state index in [2.05, 4.69) is 10.2 Å². The summed E-state index contributed by atoms with van der Waals surface area (Å²) in [7, 11) is 1.91. The number of aliphatic hydroxyl groups excluding tert-OH is 1. The molecule has 6 heteroatoms. The SMILES string of the molecule is Cc1nnc(SCC(O)c2ccc(N)cc2)n1C. The fourth-order valence-corrected chi connectivity index (χ4v) is 2.40. The van der Waals surface area contributed by atoms with Crippen LogP contribution in [-0.2, 0) is 7.05 Å². The smallest absolute Gasteiger partial charge is 0.191 e. The van der Waals surface area contributed by atoms with E-state index in [0.29, 0.717) is 11.4 Å². The van der Waals surface area contributed by atoms with Crippen molar-refractivity contribution in [3.8, 4) is 0 Å². The van der Waals surface area contributed by atoms with Gasteiger partial charge in [0, 0.05) is 18.5 Å². The van der Waals surface area contributed by atoms with E-state index in [0.717, 1.165) is 16.5 Å². The molecule has 5 nitrogen and oxygen atoms in total. The molecule has 0 bridgehead atoms. The summed E-state index contributed by atoms with van der Waals surface area (Å²) in [5, 5.41) is 18.9. The van der Waals surface area contributed by atoms with Crippen molar-refractivity contribution >= 4 is 17.4 Å². The third-order valence-electron chi connectivity index (χ3n) is 2.74. The van der Waals surface area contributed by atoms with Crippen molar-refractivity contribution in [2.24, 2.45) is 7.05 Å². The second-order valence-corrected chi connectivity index (χ2v) is 5.07. The molecule has 0 saturated heterocycles. The van der Waals surface area contributed by atoms with Crippen molar-refractivity contribution in [2.75, 3.05) is 11.5 Å². The van der Waals surface area contributed by atoms with E-state index < -0.39 is 6.10 Å². The van der Waals surface area contributed by atoms with Gasteiger partial charge in [0.2, 0.25) is 0 Å². The maximum absolute atomic E-state index is 10.1. The number of nitrogen functional groups attached to an aromatic ring is 1. The number of nitrogens with two attached hydrogens (primary N) is 1. The number of hydrogen-bond acceptors (Lipinski definition) is 5.